The summed E-state index contributed by atoms with van der Waals surface area (Å²) in [5.41, 5.74) is 0. The van der Waals surface area contributed by atoms with Gasteiger partial charge in [0.1, 0.15) is 66.5 Å². The first-order valence-corrected chi connectivity index (χ1v) is 36.3. The Morgan fingerprint density at radius 2 is 0.854 bits per heavy atom. The summed E-state index contributed by atoms with van der Waals surface area (Å²) in [6.07, 6.45) is 2.87. The molecule has 13 atom stereocenters. The highest BCUT2D eigenvalue weighted by Gasteiger charge is 2.47. The van der Waals surface area contributed by atoms with E-state index in [1.54, 1.807) is 74.5 Å². The van der Waals surface area contributed by atoms with E-state index in [1.165, 1.54) is 82.8 Å². The predicted octanol–water partition coefficient (Wildman–Crippen LogP) is 3.15. The molecule has 0 unspecified atom stereocenters. The van der Waals surface area contributed by atoms with Crippen LogP contribution in [0.4, 0.5) is 0 Å². The molecule has 0 saturated carbocycles. The lowest BCUT2D eigenvalue weighted by atomic mass is 9.91. The number of carbonyl (C=O) groups is 11. The lowest BCUT2D eigenvalue weighted by Gasteiger charge is -2.41. The number of nitrogens with zero attached hydrogens (tertiary/aromatic N) is 8. The summed E-state index contributed by atoms with van der Waals surface area (Å²) < 4.78 is 29.4. The lowest BCUT2D eigenvalue weighted by Crippen LogP contribution is -2.64. The van der Waals surface area contributed by atoms with Gasteiger partial charge in [-0.2, -0.15) is 0 Å². The van der Waals surface area contributed by atoms with Gasteiger partial charge in [0.25, 0.3) is 0 Å². The number of likely N-dealkylation sites (tertiary alicyclic amines) is 1. The van der Waals surface area contributed by atoms with Crippen LogP contribution in [0.5, 0.6) is 0 Å². The highest BCUT2D eigenvalue weighted by Crippen LogP contribution is 2.27. The zero-order valence-corrected chi connectivity index (χ0v) is 63.5. The van der Waals surface area contributed by atoms with Crippen molar-refractivity contribution in [3.05, 3.63) is 12.2 Å². The molecule has 0 spiro atoms. The summed E-state index contributed by atoms with van der Waals surface area (Å²) in [4.78, 5) is 175. The molecule has 0 bridgehead atoms. The summed E-state index contributed by atoms with van der Waals surface area (Å²) in [7, 11) is 7.21. The van der Waals surface area contributed by atoms with E-state index in [9.17, 15) is 32.7 Å². The second-order valence-electron chi connectivity index (χ2n) is 29.6. The van der Waals surface area contributed by atoms with E-state index in [2.05, 4.69) is 21.3 Å². The molecular weight excluding hydrogens is 1250 g/mol. The van der Waals surface area contributed by atoms with Crippen molar-refractivity contribution in [2.45, 2.75) is 247 Å². The molecular formula is C69H124N12O14S. The Labute approximate surface area is 574 Å². The van der Waals surface area contributed by atoms with Gasteiger partial charge in [-0.3, -0.25) is 52.7 Å². The minimum atomic E-state index is -4.21. The Hall–Kier alpha value is -6.22. The van der Waals surface area contributed by atoms with Crippen LogP contribution in [0.1, 0.15) is 169 Å². The third-order valence-electron chi connectivity index (χ3n) is 18.9. The van der Waals surface area contributed by atoms with Gasteiger partial charge in [-0.05, 0) is 134 Å². The minimum absolute atomic E-state index is 0.00223. The number of sulfone groups is 1. The van der Waals surface area contributed by atoms with E-state index >= 15 is 33.6 Å². The molecule has 0 aromatic carbocycles. The van der Waals surface area contributed by atoms with Gasteiger partial charge < -0.3 is 65.6 Å². The summed E-state index contributed by atoms with van der Waals surface area (Å²) >= 11 is 0. The van der Waals surface area contributed by atoms with Gasteiger partial charge in [0.15, 0.2) is 9.84 Å². The maximum Gasteiger partial charge on any atom is 0.246 e. The van der Waals surface area contributed by atoms with Gasteiger partial charge in [-0.15, -0.1) is 0 Å². The van der Waals surface area contributed by atoms with Gasteiger partial charge >= 0.3 is 0 Å². The van der Waals surface area contributed by atoms with E-state index in [1.807, 2.05) is 53.5 Å². The molecule has 27 heteroatoms. The van der Waals surface area contributed by atoms with E-state index in [-0.39, 0.29) is 75.0 Å². The van der Waals surface area contributed by atoms with Crippen LogP contribution in [0.15, 0.2) is 12.2 Å². The molecule has 0 aromatic heterocycles. The average Bonchev–Trinajstić information content (AvgIpc) is 0.807. The number of amides is 11. The monoisotopic (exact) mass is 1380 g/mol. The number of hydrogen-bond acceptors (Lipinski definition) is 15. The molecule has 2 rings (SSSR count). The fourth-order valence-corrected chi connectivity index (χ4v) is 14.7. The van der Waals surface area contributed by atoms with Crippen LogP contribution >= 0.6 is 0 Å². The van der Waals surface area contributed by atoms with E-state index in [4.69, 9.17) is 0 Å². The zero-order chi connectivity index (χ0) is 74.0. The molecule has 0 aromatic rings. The van der Waals surface area contributed by atoms with Crippen molar-refractivity contribution in [3.8, 4) is 0 Å². The Morgan fingerprint density at radius 1 is 0.458 bits per heavy atom. The van der Waals surface area contributed by atoms with Crippen molar-refractivity contribution < 1.29 is 66.3 Å². The summed E-state index contributed by atoms with van der Waals surface area (Å²) in [6, 6.07) is -15.1. The molecule has 2 heterocycles. The third kappa shape index (κ3) is 23.2. The molecule has 26 nitrogen and oxygen atoms in total. The first kappa shape index (κ1) is 85.9. The second kappa shape index (κ2) is 38.2. The maximum atomic E-state index is 15.5. The van der Waals surface area contributed by atoms with Crippen LogP contribution in [-0.4, -0.2) is 271 Å². The largest absolute Gasteiger partial charge is 0.390 e. The molecule has 2 aliphatic rings. The number of aliphatic hydroxyl groups is 1. The van der Waals surface area contributed by atoms with Crippen molar-refractivity contribution in [1.29, 1.82) is 0 Å². The number of nitrogens with one attached hydrogen (secondary N) is 4. The zero-order valence-electron chi connectivity index (χ0n) is 62.7. The Morgan fingerprint density at radius 3 is 1.30 bits per heavy atom. The molecule has 0 radical (unpaired) electrons. The molecule has 2 aliphatic heterocycles. The molecule has 2 saturated heterocycles. The number of carbonyl (C=O) groups excluding carboxylic acids is 11. The Balaban J connectivity index is 3.17. The number of rotatable bonds is 18. The van der Waals surface area contributed by atoms with Gasteiger partial charge in [0.05, 0.1) is 17.1 Å². The Bertz CT molecular complexity index is 2810. The Kier molecular flexibility index (Phi) is 34.2. The van der Waals surface area contributed by atoms with Crippen molar-refractivity contribution in [1.82, 2.24) is 60.5 Å². The average molecular weight is 1380 g/mol. The standard InChI is InChI=1S/C69H124N12O14S/c1-26-28-29-45(15)58(82)57-62(86)72-49(27-2)64(88)79(23)54(38-96(94,95)48-30-32-74(18)33-31-48)67(91)75(19)51(35-40(5)6)61(85)73-55(43(11)12)68(92)76(20)50(34-39(3)4)60(84)70-46(16)59(83)71-47(17)63(87)77(21)52(36-41(7)8)65(89)78(22)53(37-42(9)10)66(90)80(24)56(44(13)14)69(93)81(57)25/h26,28,39-58,82H,27,29-38H2,1-25H3,(H,70,84)(H,71,83)(H,72,86)(H,73,85)/t45-,46-,47+,49-,50-,51+,52-,53-,54-,55-,56-,57-,58-/m1/s1. The van der Waals surface area contributed by atoms with Crippen LogP contribution in [0, 0.1) is 41.4 Å². The first-order valence-electron chi connectivity index (χ1n) is 34.6. The number of piperidine rings is 1. The summed E-state index contributed by atoms with van der Waals surface area (Å²) in [5, 5.41) is 22.4. The van der Waals surface area contributed by atoms with Gasteiger partial charge in [0.2, 0.25) is 65.0 Å². The van der Waals surface area contributed by atoms with Gasteiger partial charge in [-0.25, -0.2) is 8.42 Å². The van der Waals surface area contributed by atoms with Crippen LogP contribution < -0.4 is 21.3 Å². The molecule has 11 amide bonds. The van der Waals surface area contributed by atoms with Gasteiger partial charge in [-0.1, -0.05) is 109 Å². The summed E-state index contributed by atoms with van der Waals surface area (Å²) in [6.45, 7) is 30.3. The molecule has 5 N–H and O–H groups in total. The number of aliphatic hydroxyl groups excluding tert-OH is 1. The SMILES string of the molecule is CC=CC[C@@H](C)[C@@H](O)[C@@H]1C(=O)N[C@H](CC)C(=O)N(C)[C@H](CS(=O)(=O)C2CCN(C)CC2)C(=O)N(C)[C@@H](CC(C)C)C(=O)N[C@H](C(C)C)C(=O)N(C)[C@H](CC(C)C)C(=O)N[C@H](C)C(=O)N[C@@H](C)C(=O)N(C)[C@H](CC(C)C)C(=O)N(C)[C@H](CC(C)C)C(=O)N(C)[C@H](C(C)C)C(=O)N1C. The van der Waals surface area contributed by atoms with E-state index < -0.39 is 176 Å². The molecule has 2 fully saturated rings. The number of allylic oxidation sites excluding steroid dienone is 2. The van der Waals surface area contributed by atoms with Crippen molar-refractivity contribution in [2.75, 3.05) is 75.2 Å². The molecule has 0 aliphatic carbocycles. The number of likely N-dealkylation sites (N-methyl/N-ethyl adjacent to an activating group) is 7. The normalized spacial score (nSPS) is 27.5. The third-order valence-corrected chi connectivity index (χ3v) is 21.2. The fourth-order valence-electron chi connectivity index (χ4n) is 12.7. The predicted molar refractivity (Wildman–Crippen MR) is 372 cm³/mol. The smallest absolute Gasteiger partial charge is 0.246 e. The van der Waals surface area contributed by atoms with Crippen LogP contribution in [-0.2, 0) is 62.6 Å². The van der Waals surface area contributed by atoms with E-state index in [0.717, 1.165) is 14.7 Å². The van der Waals surface area contributed by atoms with E-state index in [0.29, 0.717) is 13.1 Å². The molecule has 550 valence electrons. The highest BCUT2D eigenvalue weighted by atomic mass is 32.2. The molecule has 96 heavy (non-hydrogen) atoms. The topological polar surface area (TPSA) is 316 Å². The summed E-state index contributed by atoms with van der Waals surface area (Å²) in [5.74, 6) is -12.2. The minimum Gasteiger partial charge on any atom is -0.390 e. The quantitative estimate of drug-likeness (QED) is 0.123. The van der Waals surface area contributed by atoms with Crippen LogP contribution in [0.2, 0.25) is 0 Å². The maximum absolute atomic E-state index is 15.5. The number of hydrogen-bond donors (Lipinski definition) is 5. The van der Waals surface area contributed by atoms with Gasteiger partial charge in [0, 0.05) is 49.3 Å². The highest BCUT2D eigenvalue weighted by molar-refractivity contribution is 7.92. The van der Waals surface area contributed by atoms with Crippen molar-refractivity contribution >= 4 is 74.8 Å². The fraction of sp³-hybridized carbons (Fsp3) is 0.812. The van der Waals surface area contributed by atoms with Crippen LogP contribution in [0.25, 0.3) is 0 Å². The van der Waals surface area contributed by atoms with Crippen LogP contribution in [0.3, 0.4) is 0 Å². The van der Waals surface area contributed by atoms with Crippen molar-refractivity contribution in [3.63, 3.8) is 0 Å². The second-order valence-corrected chi connectivity index (χ2v) is 32.0. The lowest BCUT2D eigenvalue weighted by molar-refractivity contribution is -0.157. The van der Waals surface area contributed by atoms with Crippen molar-refractivity contribution in [2.24, 2.45) is 41.4 Å². The first-order chi connectivity index (χ1) is 44.3.